The molecule has 204 valence electrons. The zero-order valence-corrected chi connectivity index (χ0v) is 22.5. The van der Waals surface area contributed by atoms with Crippen LogP contribution < -0.4 is 20.1 Å². The molecule has 0 heterocycles. The molecule has 1 amide bonds. The van der Waals surface area contributed by atoms with Crippen molar-refractivity contribution in [1.82, 2.24) is 10.0 Å². The predicted molar refractivity (Wildman–Crippen MR) is 149 cm³/mol. The summed E-state index contributed by atoms with van der Waals surface area (Å²) in [6, 6.07) is 22.2. The average Bonchev–Trinajstić information content (AvgIpc) is 2.90. The Morgan fingerprint density at radius 1 is 0.947 bits per heavy atom. The lowest BCUT2D eigenvalue weighted by atomic mass is 10.0. The third-order valence-corrected chi connectivity index (χ3v) is 6.12. The van der Waals surface area contributed by atoms with Gasteiger partial charge in [-0.3, -0.25) is 4.79 Å². The van der Waals surface area contributed by atoms with Crippen molar-refractivity contribution in [2.75, 3.05) is 51.0 Å². The van der Waals surface area contributed by atoms with Crippen LogP contribution in [-0.4, -0.2) is 65.1 Å². The van der Waals surface area contributed by atoms with Crippen LogP contribution in [0.5, 0.6) is 5.75 Å². The van der Waals surface area contributed by atoms with Gasteiger partial charge in [0.05, 0.1) is 24.5 Å². The van der Waals surface area contributed by atoms with Crippen LogP contribution in [0.3, 0.4) is 0 Å². The summed E-state index contributed by atoms with van der Waals surface area (Å²) in [7, 11) is -3.70. The number of benzene rings is 3. The Morgan fingerprint density at radius 2 is 1.66 bits per heavy atom. The highest BCUT2D eigenvalue weighted by molar-refractivity contribution is 7.89. The molecule has 10 heteroatoms. The van der Waals surface area contributed by atoms with E-state index in [2.05, 4.69) is 10.6 Å². The highest BCUT2D eigenvalue weighted by Gasteiger charge is 2.16. The molecule has 0 aliphatic carbocycles. The van der Waals surface area contributed by atoms with Gasteiger partial charge in [-0.05, 0) is 47.9 Å². The molecule has 0 unspecified atom stereocenters. The lowest BCUT2D eigenvalue weighted by molar-refractivity contribution is 0.0982. The molecule has 0 spiro atoms. The fourth-order valence-electron chi connectivity index (χ4n) is 3.71. The highest BCUT2D eigenvalue weighted by atomic mass is 32.2. The minimum Gasteiger partial charge on any atom is -0.492 e. The van der Waals surface area contributed by atoms with E-state index in [1.54, 1.807) is 18.2 Å². The lowest BCUT2D eigenvalue weighted by Gasteiger charge is -2.14. The van der Waals surface area contributed by atoms with Crippen LogP contribution in [0.15, 0.2) is 72.8 Å². The third-order valence-electron chi connectivity index (χ3n) is 5.57. The molecule has 3 aromatic rings. The smallest absolute Gasteiger partial charge is 0.266 e. The largest absolute Gasteiger partial charge is 0.492 e. The van der Waals surface area contributed by atoms with Gasteiger partial charge in [0.2, 0.25) is 10.0 Å². The van der Waals surface area contributed by atoms with E-state index in [0.717, 1.165) is 22.9 Å². The first-order chi connectivity index (χ1) is 18.3. The predicted octanol–water partition coefficient (Wildman–Crippen LogP) is 3.19. The second-order valence-electron chi connectivity index (χ2n) is 8.59. The van der Waals surface area contributed by atoms with Gasteiger partial charge in [0.15, 0.2) is 0 Å². The number of nitrogens with one attached hydrogen (secondary N) is 3. The maximum Gasteiger partial charge on any atom is 0.266 e. The zero-order valence-electron chi connectivity index (χ0n) is 21.6. The molecule has 0 fully saturated rings. The number of rotatable bonds is 15. The molecular formula is C28H35N3O6S. The molecule has 0 aromatic heterocycles. The number of aliphatic hydroxyl groups is 1. The van der Waals surface area contributed by atoms with Crippen LogP contribution in [0, 0.1) is 0 Å². The first-order valence-corrected chi connectivity index (χ1v) is 14.3. The van der Waals surface area contributed by atoms with Gasteiger partial charge in [0, 0.05) is 31.9 Å². The van der Waals surface area contributed by atoms with Crippen molar-refractivity contribution in [1.29, 1.82) is 0 Å². The van der Waals surface area contributed by atoms with Gasteiger partial charge in [0.25, 0.3) is 5.91 Å². The fourth-order valence-corrected chi connectivity index (χ4v) is 4.16. The summed E-state index contributed by atoms with van der Waals surface area (Å²) in [6.45, 7) is 4.83. The van der Waals surface area contributed by atoms with E-state index in [0.29, 0.717) is 50.9 Å². The number of carbonyl (C=O) groups excluding carboxylic acids is 1. The van der Waals surface area contributed by atoms with Crippen molar-refractivity contribution < 1.29 is 27.8 Å². The van der Waals surface area contributed by atoms with E-state index < -0.39 is 22.0 Å². The van der Waals surface area contributed by atoms with Crippen molar-refractivity contribution in [3.05, 3.63) is 83.9 Å². The topological polar surface area (TPSA) is 126 Å². The van der Waals surface area contributed by atoms with Crippen LogP contribution >= 0.6 is 0 Å². The van der Waals surface area contributed by atoms with Gasteiger partial charge in [-0.15, -0.1) is 0 Å². The number of hydrogen-bond acceptors (Lipinski definition) is 8. The Morgan fingerprint density at radius 3 is 2.34 bits per heavy atom. The van der Waals surface area contributed by atoms with E-state index in [1.807, 2.05) is 66.2 Å². The molecule has 1 atom stereocenters. The number of hydrogen-bond donors (Lipinski definition) is 4. The molecule has 4 N–H and O–H groups in total. The second-order valence-corrected chi connectivity index (χ2v) is 10.3. The fraction of sp³-hybridized carbons (Fsp3) is 0.321. The van der Waals surface area contributed by atoms with Gasteiger partial charge >= 0.3 is 0 Å². The summed E-state index contributed by atoms with van der Waals surface area (Å²) in [5.74, 6) is 0.00461. The van der Waals surface area contributed by atoms with Crippen LogP contribution in [0.2, 0.25) is 0 Å². The average molecular weight is 542 g/mol. The van der Waals surface area contributed by atoms with E-state index in [9.17, 15) is 18.3 Å². The van der Waals surface area contributed by atoms with Crippen molar-refractivity contribution in [3.63, 3.8) is 0 Å². The van der Waals surface area contributed by atoms with Gasteiger partial charge in [-0.2, -0.15) is 0 Å². The van der Waals surface area contributed by atoms with Crippen molar-refractivity contribution in [2.24, 2.45) is 0 Å². The van der Waals surface area contributed by atoms with Crippen LogP contribution in [0.25, 0.3) is 11.1 Å². The normalized spacial score (nSPS) is 12.1. The molecule has 0 aliphatic rings. The number of sulfonamides is 1. The Bertz CT molecular complexity index is 1270. The minimum atomic E-state index is -3.70. The number of ether oxygens (including phenoxy) is 2. The minimum absolute atomic E-state index is 0.223. The summed E-state index contributed by atoms with van der Waals surface area (Å²) in [4.78, 5) is 12.5. The monoisotopic (exact) mass is 541 g/mol. The van der Waals surface area contributed by atoms with Gasteiger partial charge in [0.1, 0.15) is 12.4 Å². The molecule has 38 heavy (non-hydrogen) atoms. The van der Waals surface area contributed by atoms with Crippen LogP contribution in [0.4, 0.5) is 5.69 Å². The van der Waals surface area contributed by atoms with E-state index in [-0.39, 0.29) is 5.56 Å². The van der Waals surface area contributed by atoms with Crippen LogP contribution in [-0.2, 0) is 14.8 Å². The van der Waals surface area contributed by atoms with Crippen molar-refractivity contribution in [3.8, 4) is 16.9 Å². The van der Waals surface area contributed by atoms with Gasteiger partial charge in [-0.25, -0.2) is 13.1 Å². The molecule has 0 saturated carbocycles. The molecule has 0 radical (unpaired) electrons. The molecule has 0 bridgehead atoms. The lowest BCUT2D eigenvalue weighted by Crippen LogP contribution is -2.30. The zero-order chi connectivity index (χ0) is 27.4. The Hall–Kier alpha value is -3.44. The third kappa shape index (κ3) is 9.46. The summed E-state index contributed by atoms with van der Waals surface area (Å²) < 4.78 is 36.3. The molecule has 3 rings (SSSR count). The van der Waals surface area contributed by atoms with E-state index in [4.69, 9.17) is 9.47 Å². The number of amides is 1. The summed E-state index contributed by atoms with van der Waals surface area (Å²) >= 11 is 0. The standard InChI is InChI=1S/C28H35N3O6S/c1-3-36-17-16-30-26-19-23(11-14-25(26)28(33)31-38(2,34)35)21-9-12-24(13-10-21)37-18-15-29-20-27(32)22-7-5-4-6-8-22/h4-14,19,27,29-30,32H,3,15-18,20H2,1-2H3,(H,31,33)/t27-/m1/s1. The van der Waals surface area contributed by atoms with Gasteiger partial charge in [-0.1, -0.05) is 48.5 Å². The number of carbonyl (C=O) groups is 1. The van der Waals surface area contributed by atoms with Crippen LogP contribution in [0.1, 0.15) is 28.9 Å². The Labute approximate surface area is 224 Å². The summed E-state index contributed by atoms with van der Waals surface area (Å²) in [5.41, 5.74) is 3.36. The molecule has 9 nitrogen and oxygen atoms in total. The molecular weight excluding hydrogens is 506 g/mol. The summed E-state index contributed by atoms with van der Waals surface area (Å²) in [5, 5.41) is 16.6. The maximum absolute atomic E-state index is 12.5. The number of anilines is 1. The van der Waals surface area contributed by atoms with E-state index in [1.165, 1.54) is 0 Å². The van der Waals surface area contributed by atoms with E-state index >= 15 is 0 Å². The quantitative estimate of drug-likeness (QED) is 0.216. The molecule has 3 aromatic carbocycles. The molecule has 0 saturated heterocycles. The highest BCUT2D eigenvalue weighted by Crippen LogP contribution is 2.27. The Balaban J connectivity index is 1.58. The van der Waals surface area contributed by atoms with Crippen molar-refractivity contribution >= 4 is 21.6 Å². The number of aliphatic hydroxyl groups excluding tert-OH is 1. The molecule has 0 aliphatic heterocycles. The first-order valence-electron chi connectivity index (χ1n) is 12.4. The Kier molecular flexibility index (Phi) is 11.1. The maximum atomic E-state index is 12.5. The van der Waals surface area contributed by atoms with Crippen molar-refractivity contribution in [2.45, 2.75) is 13.0 Å². The first kappa shape index (κ1) is 29.1. The second kappa shape index (κ2) is 14.5. The summed E-state index contributed by atoms with van der Waals surface area (Å²) in [6.07, 6.45) is 0.368. The SMILES string of the molecule is CCOCCNc1cc(-c2ccc(OCCNC[C@@H](O)c3ccccc3)cc2)ccc1C(=O)NS(C)(=O)=O. The van der Waals surface area contributed by atoms with Gasteiger partial charge < -0.3 is 25.2 Å².